The van der Waals surface area contributed by atoms with Crippen molar-refractivity contribution in [2.45, 2.75) is 51.6 Å². The molecule has 22 heavy (non-hydrogen) atoms. The van der Waals surface area contributed by atoms with E-state index in [0.717, 1.165) is 51.1 Å². The molecule has 0 bridgehead atoms. The van der Waals surface area contributed by atoms with Crippen LogP contribution in [0.1, 0.15) is 44.8 Å². The number of hydrogen-bond acceptors (Lipinski definition) is 3. The van der Waals surface area contributed by atoms with Crippen molar-refractivity contribution >= 4 is 6.03 Å². The Kier molecular flexibility index (Phi) is 6.77. The number of carbonyl (C=O) groups is 1. The Bertz CT molecular complexity index is 425. The van der Waals surface area contributed by atoms with Crippen molar-refractivity contribution in [3.63, 3.8) is 0 Å². The summed E-state index contributed by atoms with van der Waals surface area (Å²) in [5.41, 5.74) is 0. The van der Waals surface area contributed by atoms with Crippen LogP contribution in [0, 0.1) is 0 Å². The van der Waals surface area contributed by atoms with Gasteiger partial charge in [0.15, 0.2) is 0 Å². The molecule has 0 aromatic carbocycles. The summed E-state index contributed by atoms with van der Waals surface area (Å²) in [6, 6.07) is 4.16. The predicted octanol–water partition coefficient (Wildman–Crippen LogP) is 3.08. The zero-order valence-electron chi connectivity index (χ0n) is 13.9. The number of nitrogens with one attached hydrogen (secondary N) is 1. The van der Waals surface area contributed by atoms with Crippen LogP contribution in [0.15, 0.2) is 22.8 Å². The second-order valence-corrected chi connectivity index (χ2v) is 6.18. The lowest BCUT2D eigenvalue weighted by Gasteiger charge is -2.37. The summed E-state index contributed by atoms with van der Waals surface area (Å²) in [5.74, 6) is 0.850. The number of urea groups is 1. The number of hydrogen-bond donors (Lipinski definition) is 1. The van der Waals surface area contributed by atoms with Crippen molar-refractivity contribution in [3.05, 3.63) is 24.2 Å². The lowest BCUT2D eigenvalue weighted by molar-refractivity contribution is 0.122. The summed E-state index contributed by atoms with van der Waals surface area (Å²) in [4.78, 5) is 16.8. The van der Waals surface area contributed by atoms with Gasteiger partial charge in [-0.25, -0.2) is 4.79 Å². The fourth-order valence-corrected chi connectivity index (χ4v) is 2.92. The molecule has 0 saturated carbocycles. The Morgan fingerprint density at radius 2 is 2.18 bits per heavy atom. The van der Waals surface area contributed by atoms with Gasteiger partial charge in [-0.2, -0.15) is 0 Å². The monoisotopic (exact) mass is 307 g/mol. The molecule has 1 aromatic heterocycles. The van der Waals surface area contributed by atoms with Crippen molar-refractivity contribution in [2.24, 2.45) is 0 Å². The standard InChI is InChI=1S/C17H29N3O2/c1-3-4-5-10-18-17(21)20(14-16-7-6-13-22-16)15-8-11-19(2)12-9-15/h6-7,13,15H,3-5,8-12,14H2,1-2H3,(H,18,21). The molecule has 1 N–H and O–H groups in total. The minimum Gasteiger partial charge on any atom is -0.467 e. The maximum Gasteiger partial charge on any atom is 0.318 e. The van der Waals surface area contributed by atoms with Gasteiger partial charge < -0.3 is 19.5 Å². The van der Waals surface area contributed by atoms with Gasteiger partial charge in [0.2, 0.25) is 0 Å². The predicted molar refractivity (Wildman–Crippen MR) is 87.7 cm³/mol. The van der Waals surface area contributed by atoms with Crippen molar-refractivity contribution in [2.75, 3.05) is 26.7 Å². The highest BCUT2D eigenvalue weighted by molar-refractivity contribution is 5.74. The second kappa shape index (κ2) is 8.83. The molecule has 0 atom stereocenters. The van der Waals surface area contributed by atoms with Crippen molar-refractivity contribution in [1.82, 2.24) is 15.1 Å². The molecule has 0 radical (unpaired) electrons. The molecule has 1 fully saturated rings. The van der Waals surface area contributed by atoms with Crippen LogP contribution in [0.4, 0.5) is 4.79 Å². The number of carbonyl (C=O) groups excluding carboxylic acids is 1. The molecule has 0 unspecified atom stereocenters. The SMILES string of the molecule is CCCCCNC(=O)N(Cc1ccco1)C1CCN(C)CC1. The summed E-state index contributed by atoms with van der Waals surface area (Å²) < 4.78 is 5.44. The Labute approximate surface area is 133 Å². The molecule has 1 aliphatic rings. The molecule has 5 heteroatoms. The van der Waals surface area contributed by atoms with Crippen LogP contribution in [0.2, 0.25) is 0 Å². The second-order valence-electron chi connectivity index (χ2n) is 6.18. The van der Waals surface area contributed by atoms with Crippen LogP contribution in [0.3, 0.4) is 0 Å². The molecule has 5 nitrogen and oxygen atoms in total. The van der Waals surface area contributed by atoms with Crippen LogP contribution < -0.4 is 5.32 Å². The molecule has 0 aliphatic carbocycles. The van der Waals surface area contributed by atoms with Gasteiger partial charge in [-0.15, -0.1) is 0 Å². The van der Waals surface area contributed by atoms with Crippen LogP contribution in [-0.4, -0.2) is 48.6 Å². The van der Waals surface area contributed by atoms with Gasteiger partial charge in [0.25, 0.3) is 0 Å². The van der Waals surface area contributed by atoms with E-state index < -0.39 is 0 Å². The molecule has 2 heterocycles. The third kappa shape index (κ3) is 5.05. The third-order valence-corrected chi connectivity index (χ3v) is 4.35. The van der Waals surface area contributed by atoms with E-state index in [1.54, 1.807) is 6.26 Å². The van der Waals surface area contributed by atoms with Crippen LogP contribution in [0.5, 0.6) is 0 Å². The highest BCUT2D eigenvalue weighted by atomic mass is 16.3. The van der Waals surface area contributed by atoms with Crippen LogP contribution in [0.25, 0.3) is 0 Å². The quantitative estimate of drug-likeness (QED) is 0.788. The van der Waals surface area contributed by atoms with Gasteiger partial charge >= 0.3 is 6.03 Å². The van der Waals surface area contributed by atoms with E-state index in [1.165, 1.54) is 6.42 Å². The van der Waals surface area contributed by atoms with Crippen LogP contribution >= 0.6 is 0 Å². The molecule has 1 aliphatic heterocycles. The van der Waals surface area contributed by atoms with Crippen molar-refractivity contribution < 1.29 is 9.21 Å². The van der Waals surface area contributed by atoms with E-state index in [0.29, 0.717) is 12.6 Å². The zero-order valence-corrected chi connectivity index (χ0v) is 13.9. The summed E-state index contributed by atoms with van der Waals surface area (Å²) >= 11 is 0. The fourth-order valence-electron chi connectivity index (χ4n) is 2.92. The molecule has 2 rings (SSSR count). The van der Waals surface area contributed by atoms with E-state index >= 15 is 0 Å². The van der Waals surface area contributed by atoms with Crippen LogP contribution in [-0.2, 0) is 6.54 Å². The maximum absolute atomic E-state index is 12.6. The smallest absolute Gasteiger partial charge is 0.318 e. The highest BCUT2D eigenvalue weighted by Crippen LogP contribution is 2.18. The lowest BCUT2D eigenvalue weighted by atomic mass is 10.0. The summed E-state index contributed by atoms with van der Waals surface area (Å²) in [6.07, 6.45) is 7.10. The van der Waals surface area contributed by atoms with E-state index in [1.807, 2.05) is 17.0 Å². The van der Waals surface area contributed by atoms with E-state index in [9.17, 15) is 4.79 Å². The minimum atomic E-state index is 0.0436. The Morgan fingerprint density at radius 1 is 1.41 bits per heavy atom. The molecular formula is C17H29N3O2. The average molecular weight is 307 g/mol. The number of nitrogens with zero attached hydrogens (tertiary/aromatic N) is 2. The van der Waals surface area contributed by atoms with E-state index in [-0.39, 0.29) is 6.03 Å². The highest BCUT2D eigenvalue weighted by Gasteiger charge is 2.27. The van der Waals surface area contributed by atoms with Gasteiger partial charge in [0, 0.05) is 12.6 Å². The van der Waals surface area contributed by atoms with E-state index in [4.69, 9.17) is 4.42 Å². The number of piperidine rings is 1. The number of unbranched alkanes of at least 4 members (excludes halogenated alkanes) is 2. The van der Waals surface area contributed by atoms with Gasteiger partial charge in [-0.05, 0) is 51.5 Å². The molecule has 2 amide bonds. The first-order chi connectivity index (χ1) is 10.7. The van der Waals surface area contributed by atoms with Crippen molar-refractivity contribution in [3.8, 4) is 0 Å². The van der Waals surface area contributed by atoms with Gasteiger partial charge in [-0.1, -0.05) is 19.8 Å². The first-order valence-electron chi connectivity index (χ1n) is 8.46. The Balaban J connectivity index is 1.93. The zero-order chi connectivity index (χ0) is 15.8. The van der Waals surface area contributed by atoms with Gasteiger partial charge in [-0.3, -0.25) is 0 Å². The number of furan rings is 1. The molecule has 1 saturated heterocycles. The first-order valence-corrected chi connectivity index (χ1v) is 8.46. The third-order valence-electron chi connectivity index (χ3n) is 4.35. The van der Waals surface area contributed by atoms with Gasteiger partial charge in [0.05, 0.1) is 12.8 Å². The summed E-state index contributed by atoms with van der Waals surface area (Å²) in [7, 11) is 2.14. The number of rotatable bonds is 7. The topological polar surface area (TPSA) is 48.7 Å². The van der Waals surface area contributed by atoms with Gasteiger partial charge in [0.1, 0.15) is 5.76 Å². The lowest BCUT2D eigenvalue weighted by Crippen LogP contribution is -2.49. The molecule has 124 valence electrons. The van der Waals surface area contributed by atoms with Crippen molar-refractivity contribution in [1.29, 1.82) is 0 Å². The average Bonchev–Trinajstić information content (AvgIpc) is 3.03. The summed E-state index contributed by atoms with van der Waals surface area (Å²) in [5, 5.41) is 3.07. The molecule has 1 aromatic rings. The summed E-state index contributed by atoms with van der Waals surface area (Å²) in [6.45, 7) is 5.57. The van der Waals surface area contributed by atoms with E-state index in [2.05, 4.69) is 24.2 Å². The number of amides is 2. The first kappa shape index (κ1) is 16.9. The molecule has 0 spiro atoms. The minimum absolute atomic E-state index is 0.0436. The largest absolute Gasteiger partial charge is 0.467 e. The Hall–Kier alpha value is -1.49. The number of likely N-dealkylation sites (tertiary alicyclic amines) is 1. The molecular weight excluding hydrogens is 278 g/mol. The normalized spacial score (nSPS) is 16.6. The maximum atomic E-state index is 12.6. The Morgan fingerprint density at radius 3 is 2.82 bits per heavy atom. The fraction of sp³-hybridized carbons (Fsp3) is 0.706.